The van der Waals surface area contributed by atoms with Crippen LogP contribution in [0.5, 0.6) is 5.75 Å². The Morgan fingerprint density at radius 3 is 2.57 bits per heavy atom. The summed E-state index contributed by atoms with van der Waals surface area (Å²) in [6.45, 7) is 3.25. The molecule has 2 rings (SSSR count). The quantitative estimate of drug-likeness (QED) is 0.420. The van der Waals surface area contributed by atoms with Gasteiger partial charge in [0.2, 0.25) is 5.91 Å². The van der Waals surface area contributed by atoms with Crippen LogP contribution in [0, 0.1) is 12.7 Å². The van der Waals surface area contributed by atoms with Gasteiger partial charge < -0.3 is 10.1 Å². The third-order valence-electron chi connectivity index (χ3n) is 3.51. The molecule has 0 heterocycles. The van der Waals surface area contributed by atoms with Crippen molar-refractivity contribution in [2.24, 2.45) is 5.10 Å². The summed E-state index contributed by atoms with van der Waals surface area (Å²) in [5.41, 5.74) is 3.74. The second kappa shape index (κ2) is 10.3. The molecule has 0 atom stereocenters. The number of carbonyl (C=O) groups is 2. The number of nitrogens with zero attached hydrogens (tertiary/aromatic N) is 1. The van der Waals surface area contributed by atoms with Crippen molar-refractivity contribution in [3.8, 4) is 5.75 Å². The van der Waals surface area contributed by atoms with Crippen LogP contribution in [-0.2, 0) is 9.59 Å². The molecule has 0 spiro atoms. The maximum atomic E-state index is 13.5. The molecule has 2 aromatic rings. The predicted octanol–water partition coefficient (Wildman–Crippen LogP) is 4.56. The Bertz CT molecular complexity index is 919. The van der Waals surface area contributed by atoms with E-state index in [1.54, 1.807) is 19.1 Å². The summed E-state index contributed by atoms with van der Waals surface area (Å²) in [6, 6.07) is 9.49. The zero-order valence-corrected chi connectivity index (χ0v) is 18.4. The fourth-order valence-corrected chi connectivity index (χ4v) is 3.21. The second-order valence-corrected chi connectivity index (χ2v) is 7.62. The van der Waals surface area contributed by atoms with Crippen LogP contribution < -0.4 is 15.5 Å². The third-order valence-corrected chi connectivity index (χ3v) is 4.98. The van der Waals surface area contributed by atoms with Crippen LogP contribution in [0.1, 0.15) is 18.9 Å². The number of rotatable bonds is 7. The van der Waals surface area contributed by atoms with E-state index in [-0.39, 0.29) is 18.7 Å². The zero-order chi connectivity index (χ0) is 20.7. The number of benzene rings is 2. The van der Waals surface area contributed by atoms with Gasteiger partial charge in [-0.2, -0.15) is 5.10 Å². The summed E-state index contributed by atoms with van der Waals surface area (Å²) in [5, 5.41) is 6.31. The molecule has 2 aromatic carbocycles. The minimum absolute atomic E-state index is 0.0904. The van der Waals surface area contributed by atoms with Crippen LogP contribution in [-0.4, -0.2) is 24.1 Å². The highest BCUT2D eigenvalue weighted by atomic mass is 79.9. The van der Waals surface area contributed by atoms with Crippen molar-refractivity contribution in [3.63, 3.8) is 0 Å². The normalized spacial score (nSPS) is 11.1. The van der Waals surface area contributed by atoms with Crippen LogP contribution in [0.4, 0.5) is 10.1 Å². The van der Waals surface area contributed by atoms with Gasteiger partial charge in [0.25, 0.3) is 5.91 Å². The number of nitrogens with one attached hydrogen (secondary N) is 2. The lowest BCUT2D eigenvalue weighted by molar-refractivity contribution is -0.123. The second-order valence-electron chi connectivity index (χ2n) is 5.91. The lowest BCUT2D eigenvalue weighted by Gasteiger charge is -2.10. The van der Waals surface area contributed by atoms with Crippen molar-refractivity contribution in [1.82, 2.24) is 5.43 Å². The standard InChI is InChI=1S/C19H18Br2FN3O3/c1-11-7-17(14(21)9-13(11)20)28-10-19(27)25-24-12(2)8-18(26)23-16-6-4-3-5-15(16)22/h3-7,9H,8,10H2,1-2H3,(H,23,26)(H,25,27)/b24-12+. The van der Waals surface area contributed by atoms with Gasteiger partial charge in [0.05, 0.1) is 16.6 Å². The van der Waals surface area contributed by atoms with Crippen LogP contribution >= 0.6 is 31.9 Å². The number of anilines is 1. The van der Waals surface area contributed by atoms with Gasteiger partial charge in [0.15, 0.2) is 6.61 Å². The Hall–Kier alpha value is -2.26. The van der Waals surface area contributed by atoms with E-state index in [2.05, 4.69) is 47.7 Å². The molecule has 2 amide bonds. The van der Waals surface area contributed by atoms with Crippen molar-refractivity contribution in [2.75, 3.05) is 11.9 Å². The van der Waals surface area contributed by atoms with Crippen molar-refractivity contribution >= 4 is 55.1 Å². The molecule has 0 unspecified atom stereocenters. The largest absolute Gasteiger partial charge is 0.483 e. The van der Waals surface area contributed by atoms with E-state index in [4.69, 9.17) is 4.74 Å². The highest BCUT2D eigenvalue weighted by Gasteiger charge is 2.10. The monoisotopic (exact) mass is 513 g/mol. The van der Waals surface area contributed by atoms with Crippen LogP contribution in [0.2, 0.25) is 0 Å². The molecule has 0 radical (unpaired) electrons. The Morgan fingerprint density at radius 2 is 1.86 bits per heavy atom. The van der Waals surface area contributed by atoms with Gasteiger partial charge in [0.1, 0.15) is 11.6 Å². The molecule has 6 nitrogen and oxygen atoms in total. The van der Waals surface area contributed by atoms with E-state index < -0.39 is 17.6 Å². The fraction of sp³-hybridized carbons (Fsp3) is 0.211. The predicted molar refractivity (Wildman–Crippen MR) is 113 cm³/mol. The Morgan fingerprint density at radius 1 is 1.14 bits per heavy atom. The van der Waals surface area contributed by atoms with E-state index >= 15 is 0 Å². The van der Waals surface area contributed by atoms with E-state index in [9.17, 15) is 14.0 Å². The SMILES string of the molecule is C/C(CC(=O)Nc1ccccc1F)=N\NC(=O)COc1cc(C)c(Br)cc1Br. The number of ether oxygens (including phenoxy) is 1. The molecule has 2 N–H and O–H groups in total. The van der Waals surface area contributed by atoms with Crippen molar-refractivity contribution in [1.29, 1.82) is 0 Å². The van der Waals surface area contributed by atoms with Gasteiger partial charge in [-0.1, -0.05) is 28.1 Å². The molecular formula is C19H18Br2FN3O3. The van der Waals surface area contributed by atoms with Gasteiger partial charge in [-0.15, -0.1) is 0 Å². The lowest BCUT2D eigenvalue weighted by atomic mass is 10.2. The van der Waals surface area contributed by atoms with Crippen LogP contribution in [0.25, 0.3) is 0 Å². The summed E-state index contributed by atoms with van der Waals surface area (Å²) in [6.07, 6.45) is -0.0904. The van der Waals surface area contributed by atoms with Crippen molar-refractivity contribution < 1.29 is 18.7 Å². The van der Waals surface area contributed by atoms with Gasteiger partial charge in [-0.25, -0.2) is 9.82 Å². The van der Waals surface area contributed by atoms with E-state index in [0.717, 1.165) is 10.0 Å². The lowest BCUT2D eigenvalue weighted by Crippen LogP contribution is -2.26. The topological polar surface area (TPSA) is 79.8 Å². The molecule has 148 valence electrons. The van der Waals surface area contributed by atoms with Gasteiger partial charge >= 0.3 is 0 Å². The molecule has 0 aliphatic carbocycles. The number of amides is 2. The highest BCUT2D eigenvalue weighted by Crippen LogP contribution is 2.31. The molecule has 0 saturated carbocycles. The van der Waals surface area contributed by atoms with Gasteiger partial charge in [-0.3, -0.25) is 9.59 Å². The maximum Gasteiger partial charge on any atom is 0.277 e. The number of aryl methyl sites for hydroxylation is 1. The average molecular weight is 515 g/mol. The van der Waals surface area contributed by atoms with Crippen LogP contribution in [0.15, 0.2) is 50.4 Å². The molecule has 28 heavy (non-hydrogen) atoms. The summed E-state index contributed by atoms with van der Waals surface area (Å²) in [4.78, 5) is 23.8. The first-order valence-corrected chi connectivity index (χ1v) is 9.79. The molecule has 0 fully saturated rings. The molecule has 0 aromatic heterocycles. The number of hydrogen-bond acceptors (Lipinski definition) is 4. The summed E-state index contributed by atoms with van der Waals surface area (Å²) in [5.74, 6) is -0.904. The highest BCUT2D eigenvalue weighted by molar-refractivity contribution is 9.11. The van der Waals surface area contributed by atoms with E-state index in [1.807, 2.05) is 13.0 Å². The minimum Gasteiger partial charge on any atom is -0.483 e. The number of halogens is 3. The summed E-state index contributed by atoms with van der Waals surface area (Å²) < 4.78 is 20.6. The molecule has 0 aliphatic heterocycles. The molecule has 0 saturated heterocycles. The Labute approximate surface area is 178 Å². The van der Waals surface area contributed by atoms with E-state index in [1.165, 1.54) is 18.2 Å². The first-order chi connectivity index (χ1) is 13.3. The Balaban J connectivity index is 1.82. The number of hydrogen-bond donors (Lipinski definition) is 2. The number of hydrazone groups is 1. The maximum absolute atomic E-state index is 13.5. The van der Waals surface area contributed by atoms with Crippen molar-refractivity contribution in [3.05, 3.63) is 56.7 Å². The van der Waals surface area contributed by atoms with Gasteiger partial charge in [-0.05, 0) is 59.6 Å². The fourth-order valence-electron chi connectivity index (χ4n) is 2.10. The molecule has 9 heteroatoms. The zero-order valence-electron chi connectivity index (χ0n) is 15.2. The first kappa shape index (κ1) is 22.0. The molecule has 0 bridgehead atoms. The van der Waals surface area contributed by atoms with Crippen molar-refractivity contribution in [2.45, 2.75) is 20.3 Å². The smallest absolute Gasteiger partial charge is 0.277 e. The molecule has 0 aliphatic rings. The van der Waals surface area contributed by atoms with Gasteiger partial charge in [0, 0.05) is 10.2 Å². The number of carbonyl (C=O) groups excluding carboxylic acids is 2. The first-order valence-electron chi connectivity index (χ1n) is 8.21. The van der Waals surface area contributed by atoms with Crippen LogP contribution in [0.3, 0.4) is 0 Å². The number of para-hydroxylation sites is 1. The summed E-state index contributed by atoms with van der Waals surface area (Å²) >= 11 is 6.78. The third kappa shape index (κ3) is 6.72. The Kier molecular flexibility index (Phi) is 8.13. The average Bonchev–Trinajstić information content (AvgIpc) is 2.63. The molecular weight excluding hydrogens is 497 g/mol. The van der Waals surface area contributed by atoms with E-state index in [0.29, 0.717) is 15.9 Å². The minimum atomic E-state index is -0.523. The summed E-state index contributed by atoms with van der Waals surface area (Å²) in [7, 11) is 0.